The molecule has 1 saturated carbocycles. The number of ketones is 1. The number of esters is 1. The molecule has 7 nitrogen and oxygen atoms in total. The summed E-state index contributed by atoms with van der Waals surface area (Å²) in [6.45, 7) is 10.1. The van der Waals surface area contributed by atoms with Gasteiger partial charge in [0.15, 0.2) is 5.78 Å². The summed E-state index contributed by atoms with van der Waals surface area (Å²) in [4.78, 5) is 26.3. The lowest BCUT2D eigenvalue weighted by Crippen LogP contribution is -2.57. The van der Waals surface area contributed by atoms with Crippen molar-refractivity contribution in [1.29, 1.82) is 0 Å². The number of anilines is 1. The van der Waals surface area contributed by atoms with E-state index in [1.807, 2.05) is 20.8 Å². The predicted molar refractivity (Wildman–Crippen MR) is 115 cm³/mol. The average molecular weight is 424 g/mol. The molecule has 1 spiro atoms. The van der Waals surface area contributed by atoms with E-state index < -0.39 is 28.6 Å². The summed E-state index contributed by atoms with van der Waals surface area (Å²) in [6, 6.07) is 4.19. The highest BCUT2D eigenvalue weighted by molar-refractivity contribution is 6.00. The Bertz CT molecular complexity index is 1040. The van der Waals surface area contributed by atoms with Gasteiger partial charge in [-0.2, -0.15) is 0 Å². The van der Waals surface area contributed by atoms with Crippen LogP contribution in [0.2, 0.25) is 0 Å². The van der Waals surface area contributed by atoms with Gasteiger partial charge >= 0.3 is 5.97 Å². The summed E-state index contributed by atoms with van der Waals surface area (Å²) in [7, 11) is 0. The maximum absolute atomic E-state index is 13.3. The van der Waals surface area contributed by atoms with Gasteiger partial charge in [-0.05, 0) is 69.7 Å². The SMILES string of the molecule is Cc1cc(C)c(N2CC3(N=N2)C(=O)OC2C3CC[C@H](C)[C@]3(O)C=CC(=O)[C@@]23C)c(C)c1. The molecule has 4 aliphatic rings. The van der Waals surface area contributed by atoms with Crippen molar-refractivity contribution in [1.82, 2.24) is 0 Å². The first kappa shape index (κ1) is 20.4. The fraction of sp³-hybridized carbons (Fsp3) is 0.583. The number of hydrogen-bond donors (Lipinski definition) is 1. The van der Waals surface area contributed by atoms with Crippen LogP contribution in [0.1, 0.15) is 43.4 Å². The molecule has 2 heterocycles. The number of aliphatic hydroxyl groups is 1. The highest BCUT2D eigenvalue weighted by Crippen LogP contribution is 2.59. The van der Waals surface area contributed by atoms with Crippen molar-refractivity contribution in [3.05, 3.63) is 41.0 Å². The van der Waals surface area contributed by atoms with Crippen molar-refractivity contribution in [3.8, 4) is 0 Å². The van der Waals surface area contributed by atoms with E-state index in [1.165, 1.54) is 11.6 Å². The molecule has 1 N–H and O–H groups in total. The largest absolute Gasteiger partial charge is 0.459 e. The molecule has 2 fully saturated rings. The topological polar surface area (TPSA) is 91.6 Å². The van der Waals surface area contributed by atoms with Crippen molar-refractivity contribution in [2.45, 2.75) is 64.7 Å². The Hall–Kier alpha value is -2.54. The van der Waals surface area contributed by atoms with Gasteiger partial charge in [0, 0.05) is 5.92 Å². The number of allylic oxidation sites excluding steroid dienone is 1. The van der Waals surface area contributed by atoms with Gasteiger partial charge < -0.3 is 9.84 Å². The fourth-order valence-electron chi connectivity index (χ4n) is 6.48. The van der Waals surface area contributed by atoms with E-state index in [0.717, 1.165) is 16.8 Å². The molecule has 0 bridgehead atoms. The van der Waals surface area contributed by atoms with Gasteiger partial charge in [0.2, 0.25) is 5.54 Å². The number of aryl methyl sites for hydroxylation is 3. The van der Waals surface area contributed by atoms with Crippen molar-refractivity contribution >= 4 is 17.4 Å². The third-order valence-electron chi connectivity index (χ3n) is 8.25. The van der Waals surface area contributed by atoms with Gasteiger partial charge in [-0.15, -0.1) is 5.11 Å². The van der Waals surface area contributed by atoms with E-state index in [-0.39, 0.29) is 24.2 Å². The van der Waals surface area contributed by atoms with E-state index in [2.05, 4.69) is 29.4 Å². The molecule has 2 aliphatic carbocycles. The molecule has 164 valence electrons. The molecule has 1 saturated heterocycles. The molecule has 0 amide bonds. The number of fused-ring (bicyclic) bond motifs is 4. The van der Waals surface area contributed by atoms with Crippen molar-refractivity contribution in [2.75, 3.05) is 11.6 Å². The number of ether oxygens (including phenoxy) is 1. The van der Waals surface area contributed by atoms with Crippen LogP contribution in [0.25, 0.3) is 0 Å². The summed E-state index contributed by atoms with van der Waals surface area (Å²) in [5.41, 5.74) is 0.545. The first-order chi connectivity index (χ1) is 14.5. The molecule has 0 aromatic heterocycles. The molecule has 5 rings (SSSR count). The van der Waals surface area contributed by atoms with Gasteiger partial charge in [0.25, 0.3) is 0 Å². The van der Waals surface area contributed by atoms with E-state index in [0.29, 0.717) is 12.8 Å². The average Bonchev–Trinajstić information content (AvgIpc) is 3.30. The third kappa shape index (κ3) is 2.38. The monoisotopic (exact) mass is 423 g/mol. The zero-order valence-electron chi connectivity index (χ0n) is 18.7. The Balaban J connectivity index is 1.55. The molecule has 1 aromatic rings. The second kappa shape index (κ2) is 6.25. The summed E-state index contributed by atoms with van der Waals surface area (Å²) in [6.07, 6.45) is 3.61. The molecule has 0 radical (unpaired) electrons. The Labute approximate surface area is 182 Å². The minimum atomic E-state index is -1.34. The van der Waals surface area contributed by atoms with Gasteiger partial charge in [0.05, 0.1) is 17.6 Å². The fourth-order valence-corrected chi connectivity index (χ4v) is 6.48. The normalized spacial score (nSPS) is 41.0. The number of nitrogens with zero attached hydrogens (tertiary/aromatic N) is 3. The lowest BCUT2D eigenvalue weighted by Gasteiger charge is -2.43. The van der Waals surface area contributed by atoms with Crippen LogP contribution >= 0.6 is 0 Å². The van der Waals surface area contributed by atoms with Gasteiger partial charge in [-0.3, -0.25) is 4.79 Å². The molecular formula is C24H29N3O4. The van der Waals surface area contributed by atoms with Crippen molar-refractivity contribution < 1.29 is 19.4 Å². The maximum atomic E-state index is 13.3. The number of benzene rings is 1. The molecule has 2 aliphatic heterocycles. The Morgan fingerprint density at radius 1 is 1.16 bits per heavy atom. The smallest absolute Gasteiger partial charge is 0.338 e. The number of rotatable bonds is 1. The highest BCUT2D eigenvalue weighted by Gasteiger charge is 2.72. The molecule has 7 heteroatoms. The minimum Gasteiger partial charge on any atom is -0.459 e. The number of carbonyl (C=O) groups is 2. The van der Waals surface area contributed by atoms with Crippen LogP contribution in [0.3, 0.4) is 0 Å². The summed E-state index contributed by atoms with van der Waals surface area (Å²) >= 11 is 0. The van der Waals surface area contributed by atoms with Gasteiger partial charge in [0.1, 0.15) is 11.7 Å². The van der Waals surface area contributed by atoms with Crippen LogP contribution in [0.15, 0.2) is 34.6 Å². The first-order valence-electron chi connectivity index (χ1n) is 11.0. The second-order valence-corrected chi connectivity index (χ2v) is 10.1. The first-order valence-corrected chi connectivity index (χ1v) is 11.0. The Morgan fingerprint density at radius 3 is 2.52 bits per heavy atom. The van der Waals surface area contributed by atoms with Crippen LogP contribution in [0.4, 0.5) is 5.69 Å². The maximum Gasteiger partial charge on any atom is 0.338 e. The third-order valence-corrected chi connectivity index (χ3v) is 8.25. The zero-order chi connectivity index (χ0) is 22.3. The number of hydrogen-bond acceptors (Lipinski definition) is 7. The predicted octanol–water partition coefficient (Wildman–Crippen LogP) is 3.39. The number of carbonyl (C=O) groups excluding carboxylic acids is 2. The van der Waals surface area contributed by atoms with Gasteiger partial charge in [-0.1, -0.05) is 29.8 Å². The van der Waals surface area contributed by atoms with Crippen molar-refractivity contribution in [3.63, 3.8) is 0 Å². The minimum absolute atomic E-state index is 0.141. The highest BCUT2D eigenvalue weighted by atomic mass is 16.6. The van der Waals surface area contributed by atoms with E-state index >= 15 is 0 Å². The lowest BCUT2D eigenvalue weighted by atomic mass is 9.63. The Morgan fingerprint density at radius 2 is 1.84 bits per heavy atom. The molecule has 3 unspecified atom stereocenters. The summed E-state index contributed by atoms with van der Waals surface area (Å²) in [5.74, 6) is -1.11. The van der Waals surface area contributed by atoms with Crippen LogP contribution in [0, 0.1) is 38.0 Å². The second-order valence-electron chi connectivity index (χ2n) is 10.1. The van der Waals surface area contributed by atoms with Crippen LogP contribution in [-0.4, -0.2) is 40.6 Å². The summed E-state index contributed by atoms with van der Waals surface area (Å²) in [5, 5.41) is 22.3. The van der Waals surface area contributed by atoms with Gasteiger partial charge in [-0.25, -0.2) is 9.80 Å². The van der Waals surface area contributed by atoms with E-state index in [4.69, 9.17) is 4.74 Å². The van der Waals surface area contributed by atoms with E-state index in [9.17, 15) is 14.7 Å². The lowest BCUT2D eigenvalue weighted by molar-refractivity contribution is -0.166. The van der Waals surface area contributed by atoms with Crippen molar-refractivity contribution in [2.24, 2.45) is 27.6 Å². The van der Waals surface area contributed by atoms with Crippen LogP contribution in [0.5, 0.6) is 0 Å². The molecule has 1 aromatic carbocycles. The molecule has 31 heavy (non-hydrogen) atoms. The summed E-state index contributed by atoms with van der Waals surface area (Å²) < 4.78 is 5.91. The standard InChI is InChI=1S/C24H29N3O4/c1-13-10-14(2)19(15(3)11-13)27-12-23(25-26-27)17-7-6-16(4)24(30)9-8-18(28)22(24,5)20(17)31-21(23)29/h8-11,16-17,20,30H,6-7,12H2,1-5H3/t16-,17?,20?,22-,23?,24+/m0/s1. The molecule has 6 atom stereocenters. The van der Waals surface area contributed by atoms with Crippen LogP contribution in [-0.2, 0) is 14.3 Å². The van der Waals surface area contributed by atoms with E-state index in [1.54, 1.807) is 18.0 Å². The van der Waals surface area contributed by atoms with Crippen LogP contribution < -0.4 is 5.01 Å². The quantitative estimate of drug-likeness (QED) is 0.699. The Kier molecular flexibility index (Phi) is 4.11. The zero-order valence-corrected chi connectivity index (χ0v) is 18.7. The molecular weight excluding hydrogens is 394 g/mol.